The highest BCUT2D eigenvalue weighted by atomic mass is 32.1. The van der Waals surface area contributed by atoms with E-state index < -0.39 is 11.9 Å². The fourth-order valence-electron chi connectivity index (χ4n) is 2.42. The molecule has 0 bridgehead atoms. The van der Waals surface area contributed by atoms with Gasteiger partial charge in [-0.25, -0.2) is 4.98 Å². The van der Waals surface area contributed by atoms with Crippen molar-refractivity contribution < 1.29 is 13.2 Å². The number of thiocarbonyl (C=S) groups is 1. The van der Waals surface area contributed by atoms with Gasteiger partial charge in [-0.3, -0.25) is 0 Å². The van der Waals surface area contributed by atoms with Crippen LogP contribution in [0.5, 0.6) is 0 Å². The summed E-state index contributed by atoms with van der Waals surface area (Å²) < 4.78 is 39.4. The number of rotatable bonds is 4. The predicted octanol–water partition coefficient (Wildman–Crippen LogP) is 3.43. The molecule has 0 amide bonds. The fourth-order valence-corrected chi connectivity index (χ4v) is 2.61. The largest absolute Gasteiger partial charge is 0.433 e. The molecular formula is C15H22F3N5S. The number of piperidine rings is 1. The van der Waals surface area contributed by atoms with Crippen molar-refractivity contribution in [3.8, 4) is 0 Å². The molecule has 5 nitrogen and oxygen atoms in total. The minimum atomic E-state index is -4.53. The molecule has 1 aliphatic rings. The second kappa shape index (κ2) is 7.96. The zero-order chi connectivity index (χ0) is 17.7. The van der Waals surface area contributed by atoms with Crippen LogP contribution in [0.2, 0.25) is 0 Å². The molecule has 0 atom stereocenters. The summed E-state index contributed by atoms with van der Waals surface area (Å²) in [4.78, 5) is 9.65. The lowest BCUT2D eigenvalue weighted by molar-refractivity contribution is -0.141. The SMILES string of the molecule is CCCNC(=S)Nc1nc(N2CCC(C)CC2)cc(C(F)(F)F)n1. The lowest BCUT2D eigenvalue weighted by Gasteiger charge is -2.31. The molecule has 24 heavy (non-hydrogen) atoms. The van der Waals surface area contributed by atoms with E-state index in [2.05, 4.69) is 27.5 Å². The minimum absolute atomic E-state index is 0.132. The average molecular weight is 361 g/mol. The van der Waals surface area contributed by atoms with E-state index in [0.29, 0.717) is 25.6 Å². The molecular weight excluding hydrogens is 339 g/mol. The molecule has 134 valence electrons. The number of aromatic nitrogens is 2. The summed E-state index contributed by atoms with van der Waals surface area (Å²) in [6.45, 7) is 6.11. The molecule has 0 unspecified atom stereocenters. The third kappa shape index (κ3) is 5.19. The van der Waals surface area contributed by atoms with Crippen LogP contribution in [-0.2, 0) is 6.18 Å². The molecule has 1 aromatic heterocycles. The Morgan fingerprint density at radius 1 is 1.33 bits per heavy atom. The van der Waals surface area contributed by atoms with Crippen LogP contribution in [0.25, 0.3) is 0 Å². The smallest absolute Gasteiger partial charge is 0.362 e. The molecule has 0 radical (unpaired) electrons. The van der Waals surface area contributed by atoms with Gasteiger partial charge in [0.05, 0.1) is 0 Å². The van der Waals surface area contributed by atoms with Crippen LogP contribution in [0.4, 0.5) is 24.9 Å². The predicted molar refractivity (Wildman–Crippen MR) is 92.2 cm³/mol. The number of halogens is 3. The molecule has 1 aliphatic heterocycles. The van der Waals surface area contributed by atoms with Crippen molar-refractivity contribution in [2.24, 2.45) is 5.92 Å². The highest BCUT2D eigenvalue weighted by molar-refractivity contribution is 7.80. The summed E-state index contributed by atoms with van der Waals surface area (Å²) >= 11 is 5.06. The highest BCUT2D eigenvalue weighted by Crippen LogP contribution is 2.31. The van der Waals surface area contributed by atoms with Crippen molar-refractivity contribution in [1.29, 1.82) is 0 Å². The molecule has 0 aliphatic carbocycles. The first kappa shape index (κ1) is 18.7. The van der Waals surface area contributed by atoms with Crippen LogP contribution in [-0.4, -0.2) is 34.7 Å². The summed E-state index contributed by atoms with van der Waals surface area (Å²) in [7, 11) is 0. The van der Waals surface area contributed by atoms with E-state index in [4.69, 9.17) is 12.2 Å². The number of anilines is 2. The number of alkyl halides is 3. The topological polar surface area (TPSA) is 53.1 Å². The standard InChI is InChI=1S/C15H22F3N5S/c1-3-6-19-14(24)22-13-20-11(15(16,17)18)9-12(21-13)23-7-4-10(2)5-8-23/h9-10H,3-8H2,1-2H3,(H2,19,20,21,22,24). The van der Waals surface area contributed by atoms with Gasteiger partial charge in [0.2, 0.25) is 5.95 Å². The summed E-state index contributed by atoms with van der Waals surface area (Å²) in [5.41, 5.74) is -0.966. The van der Waals surface area contributed by atoms with Crippen molar-refractivity contribution in [3.63, 3.8) is 0 Å². The van der Waals surface area contributed by atoms with Gasteiger partial charge < -0.3 is 15.5 Å². The van der Waals surface area contributed by atoms with Gasteiger partial charge in [-0.2, -0.15) is 18.2 Å². The molecule has 2 N–H and O–H groups in total. The van der Waals surface area contributed by atoms with E-state index in [1.54, 1.807) is 0 Å². The van der Waals surface area contributed by atoms with E-state index in [1.807, 2.05) is 11.8 Å². The van der Waals surface area contributed by atoms with Crippen LogP contribution in [0.15, 0.2) is 6.07 Å². The van der Waals surface area contributed by atoms with Gasteiger partial charge in [0.25, 0.3) is 0 Å². The number of nitrogens with zero attached hydrogens (tertiary/aromatic N) is 3. The zero-order valence-corrected chi connectivity index (χ0v) is 14.6. The molecule has 1 saturated heterocycles. The number of nitrogens with one attached hydrogen (secondary N) is 2. The molecule has 1 aromatic rings. The molecule has 9 heteroatoms. The van der Waals surface area contributed by atoms with Crippen molar-refractivity contribution in [1.82, 2.24) is 15.3 Å². The lowest BCUT2D eigenvalue weighted by Crippen LogP contribution is -2.34. The first-order valence-corrected chi connectivity index (χ1v) is 8.46. The second-order valence-corrected chi connectivity index (χ2v) is 6.39. The third-order valence-corrected chi connectivity index (χ3v) is 4.12. The Morgan fingerprint density at radius 2 is 2.00 bits per heavy atom. The van der Waals surface area contributed by atoms with Crippen molar-refractivity contribution in [2.45, 2.75) is 39.3 Å². The first-order chi connectivity index (χ1) is 11.3. The van der Waals surface area contributed by atoms with Crippen molar-refractivity contribution in [2.75, 3.05) is 29.9 Å². The monoisotopic (exact) mass is 361 g/mol. The highest BCUT2D eigenvalue weighted by Gasteiger charge is 2.34. The first-order valence-electron chi connectivity index (χ1n) is 8.05. The maximum atomic E-state index is 13.1. The van der Waals surface area contributed by atoms with E-state index in [-0.39, 0.29) is 16.9 Å². The van der Waals surface area contributed by atoms with Gasteiger partial charge >= 0.3 is 6.18 Å². The normalized spacial score (nSPS) is 16.1. The zero-order valence-electron chi connectivity index (χ0n) is 13.8. The second-order valence-electron chi connectivity index (χ2n) is 5.98. The van der Waals surface area contributed by atoms with Crippen LogP contribution < -0.4 is 15.5 Å². The molecule has 0 aromatic carbocycles. The van der Waals surface area contributed by atoms with Crippen molar-refractivity contribution >= 4 is 29.1 Å². The molecule has 0 spiro atoms. The maximum absolute atomic E-state index is 13.1. The lowest BCUT2D eigenvalue weighted by atomic mass is 9.99. The summed E-state index contributed by atoms with van der Waals surface area (Å²) in [6.07, 6.45) is -1.81. The van der Waals surface area contributed by atoms with E-state index >= 15 is 0 Å². The number of hydrogen-bond donors (Lipinski definition) is 2. The number of hydrogen-bond acceptors (Lipinski definition) is 4. The summed E-state index contributed by atoms with van der Waals surface area (Å²) in [5, 5.41) is 5.76. The van der Waals surface area contributed by atoms with Crippen LogP contribution >= 0.6 is 12.2 Å². The van der Waals surface area contributed by atoms with Crippen LogP contribution in [0.3, 0.4) is 0 Å². The Bertz CT molecular complexity index is 571. The van der Waals surface area contributed by atoms with Gasteiger partial charge in [0.15, 0.2) is 10.8 Å². The fraction of sp³-hybridized carbons (Fsp3) is 0.667. The minimum Gasteiger partial charge on any atom is -0.362 e. The Balaban J connectivity index is 2.23. The summed E-state index contributed by atoms with van der Waals surface area (Å²) in [5.74, 6) is 0.727. The van der Waals surface area contributed by atoms with Gasteiger partial charge in [-0.15, -0.1) is 0 Å². The van der Waals surface area contributed by atoms with Crippen LogP contribution in [0, 0.1) is 5.92 Å². The molecule has 0 saturated carbocycles. The van der Waals surface area contributed by atoms with E-state index in [1.165, 1.54) is 0 Å². The third-order valence-electron chi connectivity index (χ3n) is 3.87. The molecule has 2 rings (SSSR count). The van der Waals surface area contributed by atoms with Gasteiger partial charge in [0.1, 0.15) is 5.82 Å². The van der Waals surface area contributed by atoms with Crippen molar-refractivity contribution in [3.05, 3.63) is 11.8 Å². The Morgan fingerprint density at radius 3 is 2.58 bits per heavy atom. The molecule has 2 heterocycles. The Labute approximate surface area is 145 Å². The Hall–Kier alpha value is -1.64. The average Bonchev–Trinajstić information content (AvgIpc) is 2.52. The van der Waals surface area contributed by atoms with E-state index in [0.717, 1.165) is 25.3 Å². The maximum Gasteiger partial charge on any atom is 0.433 e. The van der Waals surface area contributed by atoms with Gasteiger partial charge in [-0.05, 0) is 37.4 Å². The van der Waals surface area contributed by atoms with Gasteiger partial charge in [-0.1, -0.05) is 13.8 Å². The van der Waals surface area contributed by atoms with Crippen LogP contribution in [0.1, 0.15) is 38.8 Å². The van der Waals surface area contributed by atoms with E-state index in [9.17, 15) is 13.2 Å². The summed E-state index contributed by atoms with van der Waals surface area (Å²) in [6, 6.07) is 1.00. The van der Waals surface area contributed by atoms with Gasteiger partial charge in [0, 0.05) is 25.7 Å². The molecule has 1 fully saturated rings. The Kier molecular flexibility index (Phi) is 6.20. The quantitative estimate of drug-likeness (QED) is 0.802.